The second-order valence-electron chi connectivity index (χ2n) is 9.25. The molecule has 2 amide bonds. The van der Waals surface area contributed by atoms with Crippen molar-refractivity contribution in [1.29, 1.82) is 0 Å². The molecular formula is C25H26F2N4O4. The lowest BCUT2D eigenvalue weighted by atomic mass is 9.96. The van der Waals surface area contributed by atoms with Crippen LogP contribution >= 0.6 is 0 Å². The third-order valence-corrected chi connectivity index (χ3v) is 7.05. The fraction of sp³-hybridized carbons (Fsp3) is 0.400. The van der Waals surface area contributed by atoms with Gasteiger partial charge < -0.3 is 14.6 Å². The molecule has 2 heterocycles. The quantitative estimate of drug-likeness (QED) is 0.366. The largest absolute Gasteiger partial charge is 0.375 e. The molecule has 1 saturated carbocycles. The molecular weight excluding hydrogens is 458 g/mol. The molecule has 35 heavy (non-hydrogen) atoms. The zero-order valence-electron chi connectivity index (χ0n) is 18.9. The van der Waals surface area contributed by atoms with Gasteiger partial charge in [0.05, 0.1) is 22.6 Å². The third-order valence-electron chi connectivity index (χ3n) is 7.05. The Morgan fingerprint density at radius 1 is 1.17 bits per heavy atom. The summed E-state index contributed by atoms with van der Waals surface area (Å²) in [5.74, 6) is -1.79. The standard InChI is InChI=1S/C25H26F2N4O4/c26-21(27)22-28-18-4-1-2-5-20(18)31(22)14-15-6-8-16(9-7-15)23(32)29-19-13-25(10-3-11-35-25)12-17(19)24(33)30-34/h1-2,4-9,17,19,21,34H,3,10-14H2,(H,29,32)(H,30,33)/t17-,19+,25+/m0/s1. The molecule has 10 heteroatoms. The number of hydroxylamine groups is 1. The summed E-state index contributed by atoms with van der Waals surface area (Å²) in [7, 11) is 0. The lowest BCUT2D eigenvalue weighted by Crippen LogP contribution is -2.43. The maximum absolute atomic E-state index is 13.6. The number of nitrogens with zero attached hydrogens (tertiary/aromatic N) is 2. The molecule has 2 aliphatic rings. The van der Waals surface area contributed by atoms with E-state index >= 15 is 0 Å². The summed E-state index contributed by atoms with van der Waals surface area (Å²) in [5, 5.41) is 12.1. The van der Waals surface area contributed by atoms with E-state index in [-0.39, 0.29) is 18.3 Å². The van der Waals surface area contributed by atoms with Crippen LogP contribution in [0.5, 0.6) is 0 Å². The average molecular weight is 485 g/mol. The number of alkyl halides is 2. The second kappa shape index (κ2) is 9.35. The maximum Gasteiger partial charge on any atom is 0.295 e. The van der Waals surface area contributed by atoms with Crippen molar-refractivity contribution in [2.75, 3.05) is 6.61 Å². The number of hydrogen-bond acceptors (Lipinski definition) is 5. The number of benzene rings is 2. The van der Waals surface area contributed by atoms with Crippen molar-refractivity contribution in [3.63, 3.8) is 0 Å². The van der Waals surface area contributed by atoms with E-state index in [4.69, 9.17) is 9.94 Å². The smallest absolute Gasteiger partial charge is 0.295 e. The van der Waals surface area contributed by atoms with Gasteiger partial charge in [0.1, 0.15) is 0 Å². The molecule has 8 nitrogen and oxygen atoms in total. The number of nitrogens with one attached hydrogen (secondary N) is 2. The number of rotatable bonds is 6. The number of halogens is 2. The molecule has 1 aliphatic carbocycles. The number of hydrogen-bond donors (Lipinski definition) is 3. The number of aromatic nitrogens is 2. The van der Waals surface area contributed by atoms with Crippen molar-refractivity contribution >= 4 is 22.8 Å². The lowest BCUT2D eigenvalue weighted by Gasteiger charge is -2.22. The number of imidazole rings is 1. The molecule has 0 bridgehead atoms. The van der Waals surface area contributed by atoms with Gasteiger partial charge >= 0.3 is 0 Å². The summed E-state index contributed by atoms with van der Waals surface area (Å²) in [5.41, 5.74) is 3.49. The highest BCUT2D eigenvalue weighted by Gasteiger charge is 2.51. The van der Waals surface area contributed by atoms with Gasteiger partial charge in [-0.05, 0) is 55.5 Å². The van der Waals surface area contributed by atoms with Gasteiger partial charge in [-0.1, -0.05) is 24.3 Å². The summed E-state index contributed by atoms with van der Waals surface area (Å²) in [6.45, 7) is 0.804. The molecule has 5 rings (SSSR count). The molecule has 3 aromatic rings. The van der Waals surface area contributed by atoms with Crippen molar-refractivity contribution in [3.05, 3.63) is 65.5 Å². The predicted molar refractivity (Wildman–Crippen MR) is 122 cm³/mol. The van der Waals surface area contributed by atoms with Crippen LogP contribution in [0.2, 0.25) is 0 Å². The molecule has 3 N–H and O–H groups in total. The number of carbonyl (C=O) groups is 2. The molecule has 1 aliphatic heterocycles. The van der Waals surface area contributed by atoms with Crippen LogP contribution in [-0.4, -0.2) is 44.8 Å². The van der Waals surface area contributed by atoms with Crippen LogP contribution < -0.4 is 10.8 Å². The molecule has 0 unspecified atom stereocenters. The fourth-order valence-electron chi connectivity index (χ4n) is 5.38. The number of amides is 2. The van der Waals surface area contributed by atoms with E-state index in [2.05, 4.69) is 10.3 Å². The summed E-state index contributed by atoms with van der Waals surface area (Å²) < 4.78 is 34.5. The van der Waals surface area contributed by atoms with Crippen LogP contribution in [0.3, 0.4) is 0 Å². The highest BCUT2D eigenvalue weighted by molar-refractivity contribution is 5.95. The van der Waals surface area contributed by atoms with Gasteiger partial charge in [0, 0.05) is 24.8 Å². The molecule has 2 aromatic carbocycles. The molecule has 1 aromatic heterocycles. The Bertz CT molecular complexity index is 1240. The predicted octanol–water partition coefficient (Wildman–Crippen LogP) is 3.59. The highest BCUT2D eigenvalue weighted by atomic mass is 19.3. The number of para-hydroxylation sites is 2. The van der Waals surface area contributed by atoms with E-state index in [1.54, 1.807) is 54.0 Å². The van der Waals surface area contributed by atoms with E-state index in [1.807, 2.05) is 0 Å². The fourth-order valence-corrected chi connectivity index (χ4v) is 5.38. The van der Waals surface area contributed by atoms with Gasteiger partial charge in [-0.3, -0.25) is 14.8 Å². The molecule has 1 saturated heterocycles. The van der Waals surface area contributed by atoms with E-state index in [9.17, 15) is 18.4 Å². The molecule has 3 atom stereocenters. The first-order valence-corrected chi connectivity index (χ1v) is 11.6. The Hall–Kier alpha value is -3.37. The lowest BCUT2D eigenvalue weighted by molar-refractivity contribution is -0.134. The highest BCUT2D eigenvalue weighted by Crippen LogP contribution is 2.44. The van der Waals surface area contributed by atoms with E-state index in [0.717, 1.165) is 18.4 Å². The van der Waals surface area contributed by atoms with E-state index in [1.165, 1.54) is 4.57 Å². The van der Waals surface area contributed by atoms with Crippen molar-refractivity contribution in [2.45, 2.75) is 50.3 Å². The Morgan fingerprint density at radius 3 is 2.63 bits per heavy atom. The minimum absolute atomic E-state index is 0.184. The first-order chi connectivity index (χ1) is 16.9. The summed E-state index contributed by atoms with van der Waals surface area (Å²) in [6.07, 6.45) is -0.0646. The second-order valence-corrected chi connectivity index (χ2v) is 9.25. The summed E-state index contributed by atoms with van der Waals surface area (Å²) >= 11 is 0. The van der Waals surface area contributed by atoms with Crippen molar-refractivity contribution in [3.8, 4) is 0 Å². The molecule has 1 spiro atoms. The number of carbonyl (C=O) groups excluding carboxylic acids is 2. The van der Waals surface area contributed by atoms with Crippen LogP contribution in [-0.2, 0) is 16.1 Å². The van der Waals surface area contributed by atoms with E-state index < -0.39 is 29.9 Å². The maximum atomic E-state index is 13.6. The van der Waals surface area contributed by atoms with Gasteiger partial charge in [-0.2, -0.15) is 0 Å². The van der Waals surface area contributed by atoms with Crippen molar-refractivity contribution < 1.29 is 28.3 Å². The number of fused-ring (bicyclic) bond motifs is 1. The van der Waals surface area contributed by atoms with Crippen molar-refractivity contribution in [2.24, 2.45) is 5.92 Å². The van der Waals surface area contributed by atoms with Crippen LogP contribution in [0.15, 0.2) is 48.5 Å². The summed E-state index contributed by atoms with van der Waals surface area (Å²) in [6, 6.07) is 13.2. The average Bonchev–Trinajstić information content (AvgIpc) is 3.57. The van der Waals surface area contributed by atoms with Gasteiger partial charge in [-0.15, -0.1) is 0 Å². The Labute approximate surface area is 200 Å². The van der Waals surface area contributed by atoms with Gasteiger partial charge in [0.15, 0.2) is 5.82 Å². The van der Waals surface area contributed by atoms with Gasteiger partial charge in [0.2, 0.25) is 5.91 Å². The monoisotopic (exact) mass is 484 g/mol. The van der Waals surface area contributed by atoms with Crippen molar-refractivity contribution in [1.82, 2.24) is 20.3 Å². The third kappa shape index (κ3) is 4.51. The van der Waals surface area contributed by atoms with Gasteiger partial charge in [0.25, 0.3) is 12.3 Å². The first-order valence-electron chi connectivity index (χ1n) is 11.6. The SMILES string of the molecule is O=C(N[C@@H]1C[C@@]2(CCCO2)C[C@@H]1C(=O)NO)c1ccc(Cn2c(C(F)F)nc3ccccc32)cc1. The van der Waals surface area contributed by atoms with Crippen LogP contribution in [0.1, 0.15) is 53.9 Å². The molecule has 0 radical (unpaired) electrons. The zero-order valence-corrected chi connectivity index (χ0v) is 18.9. The Morgan fingerprint density at radius 2 is 1.94 bits per heavy atom. The van der Waals surface area contributed by atoms with Gasteiger partial charge in [-0.25, -0.2) is 19.2 Å². The number of ether oxygens (including phenoxy) is 1. The minimum atomic E-state index is -2.71. The molecule has 2 fully saturated rings. The van der Waals surface area contributed by atoms with Crippen LogP contribution in [0.25, 0.3) is 11.0 Å². The summed E-state index contributed by atoms with van der Waals surface area (Å²) in [4.78, 5) is 29.2. The first kappa shape index (κ1) is 23.4. The van der Waals surface area contributed by atoms with E-state index in [0.29, 0.717) is 36.0 Å². The normalized spacial score (nSPS) is 23.9. The van der Waals surface area contributed by atoms with Crippen LogP contribution in [0, 0.1) is 5.92 Å². The minimum Gasteiger partial charge on any atom is -0.375 e. The molecule has 184 valence electrons. The van der Waals surface area contributed by atoms with Crippen LogP contribution in [0.4, 0.5) is 8.78 Å². The topological polar surface area (TPSA) is 105 Å². The Kier molecular flexibility index (Phi) is 6.24. The zero-order chi connectivity index (χ0) is 24.6. The Balaban J connectivity index is 1.31.